The van der Waals surface area contributed by atoms with E-state index < -0.39 is 11.7 Å². The Bertz CT molecular complexity index is 964. The summed E-state index contributed by atoms with van der Waals surface area (Å²) < 4.78 is 14.7. The van der Waals surface area contributed by atoms with Crippen LogP contribution in [-0.2, 0) is 11.3 Å². The van der Waals surface area contributed by atoms with Gasteiger partial charge in [-0.15, -0.1) is 0 Å². The summed E-state index contributed by atoms with van der Waals surface area (Å²) in [7, 11) is 0. The molecule has 1 heterocycles. The van der Waals surface area contributed by atoms with E-state index in [1.54, 1.807) is 53.2 Å². The summed E-state index contributed by atoms with van der Waals surface area (Å²) in [5.41, 5.74) is 2.37. The van der Waals surface area contributed by atoms with Crippen LogP contribution in [0.2, 0.25) is 5.02 Å². The monoisotopic (exact) mass is 370 g/mol. The van der Waals surface area contributed by atoms with E-state index in [-0.39, 0.29) is 11.5 Å². The summed E-state index contributed by atoms with van der Waals surface area (Å²) in [6.07, 6.45) is 1.70. The van der Waals surface area contributed by atoms with Crippen LogP contribution in [0, 0.1) is 12.7 Å². The highest BCUT2D eigenvalue weighted by molar-refractivity contribution is 6.46. The lowest BCUT2D eigenvalue weighted by atomic mass is 10.2. The van der Waals surface area contributed by atoms with Gasteiger partial charge in [0.1, 0.15) is 5.82 Å². The molecule has 132 valence electrons. The van der Waals surface area contributed by atoms with Crippen LogP contribution >= 0.6 is 11.6 Å². The number of carbonyl (C=O) groups is 2. The van der Waals surface area contributed by atoms with Crippen molar-refractivity contribution in [3.8, 4) is 0 Å². The predicted octanol–water partition coefficient (Wildman–Crippen LogP) is 4.46. The Labute approximate surface area is 155 Å². The average Bonchev–Trinajstić information content (AvgIpc) is 3.07. The maximum atomic E-state index is 13.0. The molecule has 3 aromatic rings. The number of nitrogens with zero attached hydrogens (tertiary/aromatic N) is 1. The van der Waals surface area contributed by atoms with E-state index in [9.17, 15) is 14.0 Å². The predicted molar refractivity (Wildman–Crippen MR) is 99.1 cm³/mol. The van der Waals surface area contributed by atoms with Gasteiger partial charge in [0.05, 0.1) is 5.69 Å². The minimum atomic E-state index is -0.741. The number of benzene rings is 2. The molecule has 6 heteroatoms. The van der Waals surface area contributed by atoms with Gasteiger partial charge in [0.2, 0.25) is 0 Å². The first-order valence-corrected chi connectivity index (χ1v) is 8.33. The normalized spacial score (nSPS) is 10.6. The number of hydrogen-bond acceptors (Lipinski definition) is 2. The van der Waals surface area contributed by atoms with Gasteiger partial charge in [-0.2, -0.15) is 0 Å². The fourth-order valence-electron chi connectivity index (χ4n) is 2.57. The SMILES string of the molecule is Cc1ccc(Cl)cc1NC(=O)C(=O)c1cccn1Cc1ccc(F)cc1. The number of aryl methyl sites for hydroxylation is 1. The van der Waals surface area contributed by atoms with Crippen molar-refractivity contribution in [1.29, 1.82) is 0 Å². The molecule has 4 nitrogen and oxygen atoms in total. The van der Waals surface area contributed by atoms with Gasteiger partial charge in [-0.25, -0.2) is 4.39 Å². The molecule has 0 radical (unpaired) electrons. The van der Waals surface area contributed by atoms with E-state index in [1.165, 1.54) is 12.1 Å². The molecule has 1 aromatic heterocycles. The van der Waals surface area contributed by atoms with Crippen molar-refractivity contribution in [2.75, 3.05) is 5.32 Å². The van der Waals surface area contributed by atoms with Crippen LogP contribution in [0.25, 0.3) is 0 Å². The molecule has 0 aliphatic rings. The number of halogens is 2. The van der Waals surface area contributed by atoms with E-state index in [4.69, 9.17) is 11.6 Å². The van der Waals surface area contributed by atoms with Gasteiger partial charge in [-0.3, -0.25) is 9.59 Å². The molecule has 3 rings (SSSR count). The smallest absolute Gasteiger partial charge is 0.298 e. The molecular formula is C20H16ClFN2O2. The van der Waals surface area contributed by atoms with E-state index >= 15 is 0 Å². The van der Waals surface area contributed by atoms with E-state index in [0.29, 0.717) is 17.3 Å². The maximum Gasteiger partial charge on any atom is 0.298 e. The highest BCUT2D eigenvalue weighted by Crippen LogP contribution is 2.20. The first-order chi connectivity index (χ1) is 12.4. The molecule has 0 saturated heterocycles. The van der Waals surface area contributed by atoms with Crippen molar-refractivity contribution in [2.24, 2.45) is 0 Å². The summed E-state index contributed by atoms with van der Waals surface area (Å²) in [5.74, 6) is -1.72. The summed E-state index contributed by atoms with van der Waals surface area (Å²) in [6.45, 7) is 2.17. The lowest BCUT2D eigenvalue weighted by molar-refractivity contribution is -0.112. The molecule has 1 N–H and O–H groups in total. The molecule has 26 heavy (non-hydrogen) atoms. The summed E-state index contributed by atoms with van der Waals surface area (Å²) in [5, 5.41) is 3.07. The van der Waals surface area contributed by atoms with Crippen LogP contribution in [-0.4, -0.2) is 16.3 Å². The number of aromatic nitrogens is 1. The van der Waals surface area contributed by atoms with Gasteiger partial charge < -0.3 is 9.88 Å². The molecule has 0 aliphatic heterocycles. The number of amides is 1. The average molecular weight is 371 g/mol. The summed E-state index contributed by atoms with van der Waals surface area (Å²) in [6, 6.07) is 14.3. The zero-order valence-corrected chi connectivity index (χ0v) is 14.8. The van der Waals surface area contributed by atoms with Gasteiger partial charge in [0.15, 0.2) is 0 Å². The third-order valence-corrected chi connectivity index (χ3v) is 4.22. The molecule has 0 unspecified atom stereocenters. The Morgan fingerprint density at radius 2 is 1.85 bits per heavy atom. The number of ketones is 1. The Morgan fingerprint density at radius 1 is 1.12 bits per heavy atom. The van der Waals surface area contributed by atoms with Crippen LogP contribution in [0.15, 0.2) is 60.8 Å². The van der Waals surface area contributed by atoms with Crippen LogP contribution in [0.4, 0.5) is 10.1 Å². The van der Waals surface area contributed by atoms with Crippen LogP contribution in [0.3, 0.4) is 0 Å². The number of anilines is 1. The highest BCUT2D eigenvalue weighted by atomic mass is 35.5. The van der Waals surface area contributed by atoms with E-state index in [1.807, 2.05) is 6.92 Å². The lowest BCUT2D eigenvalue weighted by Gasteiger charge is -2.11. The summed E-state index contributed by atoms with van der Waals surface area (Å²) >= 11 is 5.94. The number of Topliss-reactive ketones (excluding diaryl/α,β-unsaturated/α-hetero) is 1. The molecule has 2 aromatic carbocycles. The lowest BCUT2D eigenvalue weighted by Crippen LogP contribution is -2.25. The van der Waals surface area contributed by atoms with Gasteiger partial charge in [-0.1, -0.05) is 29.8 Å². The molecule has 0 aliphatic carbocycles. The third kappa shape index (κ3) is 4.00. The van der Waals surface area contributed by atoms with Crippen molar-refractivity contribution in [1.82, 2.24) is 4.57 Å². The molecular weight excluding hydrogens is 355 g/mol. The number of nitrogens with one attached hydrogen (secondary N) is 1. The first-order valence-electron chi connectivity index (χ1n) is 7.95. The third-order valence-electron chi connectivity index (χ3n) is 3.98. The fourth-order valence-corrected chi connectivity index (χ4v) is 2.74. The van der Waals surface area contributed by atoms with Gasteiger partial charge in [0.25, 0.3) is 11.7 Å². The molecule has 0 fully saturated rings. The van der Waals surface area contributed by atoms with Crippen molar-refractivity contribution in [2.45, 2.75) is 13.5 Å². The quantitative estimate of drug-likeness (QED) is 0.532. The number of rotatable bonds is 5. The summed E-state index contributed by atoms with van der Waals surface area (Å²) in [4.78, 5) is 24.9. The second-order valence-electron chi connectivity index (χ2n) is 5.89. The Morgan fingerprint density at radius 3 is 2.58 bits per heavy atom. The van der Waals surface area contributed by atoms with Gasteiger partial charge in [-0.05, 0) is 54.4 Å². The zero-order valence-electron chi connectivity index (χ0n) is 14.0. The van der Waals surface area contributed by atoms with E-state index in [2.05, 4.69) is 5.32 Å². The molecule has 0 atom stereocenters. The minimum Gasteiger partial charge on any atom is -0.340 e. The molecule has 0 bridgehead atoms. The first kappa shape index (κ1) is 17.9. The minimum absolute atomic E-state index is 0.256. The van der Waals surface area contributed by atoms with E-state index in [0.717, 1.165) is 11.1 Å². The van der Waals surface area contributed by atoms with Crippen LogP contribution in [0.1, 0.15) is 21.6 Å². The van der Waals surface area contributed by atoms with Crippen molar-refractivity contribution in [3.05, 3.63) is 88.5 Å². The Balaban J connectivity index is 1.77. The van der Waals surface area contributed by atoms with Crippen LogP contribution in [0.5, 0.6) is 0 Å². The largest absolute Gasteiger partial charge is 0.340 e. The second-order valence-corrected chi connectivity index (χ2v) is 6.33. The van der Waals surface area contributed by atoms with Crippen LogP contribution < -0.4 is 5.32 Å². The molecule has 0 saturated carbocycles. The van der Waals surface area contributed by atoms with Crippen molar-refractivity contribution >= 4 is 29.0 Å². The standard InChI is InChI=1S/C20H16ClFN2O2/c1-13-4-7-15(21)11-17(13)23-20(26)19(25)18-3-2-10-24(18)12-14-5-8-16(22)9-6-14/h2-11H,12H2,1H3,(H,23,26). The zero-order chi connectivity index (χ0) is 18.7. The van der Waals surface area contributed by atoms with Crippen molar-refractivity contribution in [3.63, 3.8) is 0 Å². The Hall–Kier alpha value is -2.92. The maximum absolute atomic E-state index is 13.0. The van der Waals surface area contributed by atoms with Gasteiger partial charge >= 0.3 is 0 Å². The molecule has 0 spiro atoms. The highest BCUT2D eigenvalue weighted by Gasteiger charge is 2.20. The topological polar surface area (TPSA) is 51.1 Å². The number of carbonyl (C=O) groups excluding carboxylic acids is 2. The number of hydrogen-bond donors (Lipinski definition) is 1. The second kappa shape index (κ2) is 7.54. The van der Waals surface area contributed by atoms with Crippen molar-refractivity contribution < 1.29 is 14.0 Å². The fraction of sp³-hybridized carbons (Fsp3) is 0.100. The Kier molecular flexibility index (Phi) is 5.19. The van der Waals surface area contributed by atoms with Gasteiger partial charge in [0, 0.05) is 23.5 Å². The molecule has 1 amide bonds.